The fourth-order valence-electron chi connectivity index (χ4n) is 2.42. The van der Waals surface area contributed by atoms with Crippen LogP contribution >= 0.6 is 0 Å². The summed E-state index contributed by atoms with van der Waals surface area (Å²) < 4.78 is 10.7. The highest BCUT2D eigenvalue weighted by atomic mass is 16.5. The zero-order valence-corrected chi connectivity index (χ0v) is 12.0. The Kier molecular flexibility index (Phi) is 3.58. The highest BCUT2D eigenvalue weighted by molar-refractivity contribution is 6.05. The van der Waals surface area contributed by atoms with Gasteiger partial charge in [-0.25, -0.2) is 0 Å². The van der Waals surface area contributed by atoms with Gasteiger partial charge in [0, 0.05) is 30.5 Å². The van der Waals surface area contributed by atoms with Crippen LogP contribution in [0.2, 0.25) is 0 Å². The Labute approximate surface area is 121 Å². The number of aromatic nitrogens is 2. The molecule has 0 unspecified atom stereocenters. The summed E-state index contributed by atoms with van der Waals surface area (Å²) in [6.07, 6.45) is 1.72. The molecule has 0 bridgehead atoms. The van der Waals surface area contributed by atoms with Crippen molar-refractivity contribution >= 4 is 21.8 Å². The van der Waals surface area contributed by atoms with Crippen molar-refractivity contribution in [2.45, 2.75) is 6.92 Å². The minimum atomic E-state index is -0.0683. The summed E-state index contributed by atoms with van der Waals surface area (Å²) in [4.78, 5) is 19.9. The van der Waals surface area contributed by atoms with Crippen LogP contribution in [0.25, 0.3) is 21.8 Å². The lowest BCUT2D eigenvalue weighted by Gasteiger charge is -2.11. The third-order valence-corrected chi connectivity index (χ3v) is 3.32. The van der Waals surface area contributed by atoms with Crippen LogP contribution in [0.4, 0.5) is 0 Å². The van der Waals surface area contributed by atoms with Gasteiger partial charge in [0.25, 0.3) is 0 Å². The summed E-state index contributed by atoms with van der Waals surface area (Å²) in [7, 11) is 1.61. The molecule has 5 heteroatoms. The summed E-state index contributed by atoms with van der Waals surface area (Å²) >= 11 is 0. The fourth-order valence-corrected chi connectivity index (χ4v) is 2.42. The Balaban J connectivity index is 2.31. The van der Waals surface area contributed by atoms with Crippen LogP contribution in [0.1, 0.15) is 5.69 Å². The molecule has 2 aromatic heterocycles. The van der Waals surface area contributed by atoms with Gasteiger partial charge in [-0.05, 0) is 19.1 Å². The molecular weight excluding hydrogens is 268 g/mol. The van der Waals surface area contributed by atoms with E-state index in [4.69, 9.17) is 9.47 Å². The Hall–Kier alpha value is -2.40. The van der Waals surface area contributed by atoms with Gasteiger partial charge in [0.15, 0.2) is 5.43 Å². The second kappa shape index (κ2) is 5.54. The van der Waals surface area contributed by atoms with Crippen molar-refractivity contribution in [1.29, 1.82) is 0 Å². The molecule has 0 aliphatic rings. The zero-order valence-electron chi connectivity index (χ0n) is 12.0. The second-order valence-corrected chi connectivity index (χ2v) is 4.86. The molecule has 5 nitrogen and oxygen atoms in total. The molecule has 0 amide bonds. The average Bonchev–Trinajstić information content (AvgIpc) is 2.47. The summed E-state index contributed by atoms with van der Waals surface area (Å²) in [5.41, 5.74) is 2.22. The number of ether oxygens (including phenoxy) is 2. The van der Waals surface area contributed by atoms with E-state index in [-0.39, 0.29) is 5.43 Å². The van der Waals surface area contributed by atoms with E-state index >= 15 is 0 Å². The van der Waals surface area contributed by atoms with Crippen LogP contribution in [0, 0.1) is 6.92 Å². The lowest BCUT2D eigenvalue weighted by molar-refractivity contribution is 0.147. The van der Waals surface area contributed by atoms with Crippen molar-refractivity contribution in [2.24, 2.45) is 0 Å². The number of aromatic amines is 1. The van der Waals surface area contributed by atoms with Crippen LogP contribution < -0.4 is 10.2 Å². The molecule has 108 valence electrons. The summed E-state index contributed by atoms with van der Waals surface area (Å²) in [6.45, 7) is 2.72. The van der Waals surface area contributed by atoms with E-state index in [0.717, 1.165) is 16.6 Å². The number of methoxy groups -OCH3 is 1. The van der Waals surface area contributed by atoms with Crippen molar-refractivity contribution in [2.75, 3.05) is 20.3 Å². The van der Waals surface area contributed by atoms with Gasteiger partial charge in [0.2, 0.25) is 0 Å². The lowest BCUT2D eigenvalue weighted by Crippen LogP contribution is -2.09. The molecule has 0 spiro atoms. The first kappa shape index (κ1) is 13.6. The van der Waals surface area contributed by atoms with Crippen LogP contribution in [0.15, 0.2) is 35.3 Å². The second-order valence-electron chi connectivity index (χ2n) is 4.86. The van der Waals surface area contributed by atoms with E-state index in [9.17, 15) is 4.79 Å². The normalized spacial score (nSPS) is 11.1. The average molecular weight is 284 g/mol. The Morgan fingerprint density at radius 3 is 2.95 bits per heavy atom. The molecule has 0 saturated carbocycles. The molecule has 0 fully saturated rings. The molecule has 0 radical (unpaired) electrons. The Morgan fingerprint density at radius 2 is 2.14 bits per heavy atom. The predicted molar refractivity (Wildman–Crippen MR) is 82.0 cm³/mol. The van der Waals surface area contributed by atoms with E-state index in [2.05, 4.69) is 9.97 Å². The first-order valence-corrected chi connectivity index (χ1v) is 6.74. The first-order valence-electron chi connectivity index (χ1n) is 6.74. The Morgan fingerprint density at radius 1 is 1.29 bits per heavy atom. The highest BCUT2D eigenvalue weighted by Gasteiger charge is 2.12. The lowest BCUT2D eigenvalue weighted by atomic mass is 10.1. The van der Waals surface area contributed by atoms with Gasteiger partial charge in [-0.3, -0.25) is 9.78 Å². The quantitative estimate of drug-likeness (QED) is 0.590. The van der Waals surface area contributed by atoms with Gasteiger partial charge in [0.1, 0.15) is 12.4 Å². The molecule has 1 N–H and O–H groups in total. The summed E-state index contributed by atoms with van der Waals surface area (Å²) in [6, 6.07) is 7.23. The van der Waals surface area contributed by atoms with Crippen LogP contribution in [0.3, 0.4) is 0 Å². The first-order chi connectivity index (χ1) is 10.2. The van der Waals surface area contributed by atoms with E-state index in [1.165, 1.54) is 0 Å². The van der Waals surface area contributed by atoms with Crippen molar-refractivity contribution in [1.82, 2.24) is 9.97 Å². The fraction of sp³-hybridized carbons (Fsp3) is 0.250. The largest absolute Gasteiger partial charge is 0.490 e. The zero-order chi connectivity index (χ0) is 14.8. The SMILES string of the molecule is COCCOc1cc2cccnc2c2[nH]c(C)cc(=O)c12. The van der Waals surface area contributed by atoms with Crippen molar-refractivity contribution < 1.29 is 9.47 Å². The molecular formula is C16H16N2O3. The van der Waals surface area contributed by atoms with Crippen molar-refractivity contribution in [3.05, 3.63) is 46.4 Å². The molecule has 21 heavy (non-hydrogen) atoms. The van der Waals surface area contributed by atoms with E-state index in [0.29, 0.717) is 29.9 Å². The number of fused-ring (bicyclic) bond motifs is 3. The van der Waals surface area contributed by atoms with Gasteiger partial charge < -0.3 is 14.5 Å². The summed E-state index contributed by atoms with van der Waals surface area (Å²) in [5.74, 6) is 0.559. The third-order valence-electron chi connectivity index (χ3n) is 3.32. The molecule has 0 aliphatic carbocycles. The number of rotatable bonds is 4. The monoisotopic (exact) mass is 284 g/mol. The number of hydrogen-bond acceptors (Lipinski definition) is 4. The van der Waals surface area contributed by atoms with Gasteiger partial charge in [-0.15, -0.1) is 0 Å². The molecule has 0 aliphatic heterocycles. The molecule has 0 atom stereocenters. The molecule has 0 saturated heterocycles. The van der Waals surface area contributed by atoms with Gasteiger partial charge in [-0.2, -0.15) is 0 Å². The van der Waals surface area contributed by atoms with Gasteiger partial charge in [-0.1, -0.05) is 6.07 Å². The number of benzene rings is 1. The van der Waals surface area contributed by atoms with Gasteiger partial charge >= 0.3 is 0 Å². The number of nitrogens with zero attached hydrogens (tertiary/aromatic N) is 1. The minimum absolute atomic E-state index is 0.0683. The molecule has 1 aromatic carbocycles. The minimum Gasteiger partial charge on any atom is -0.490 e. The molecule has 3 aromatic rings. The van der Waals surface area contributed by atoms with E-state index in [1.54, 1.807) is 19.4 Å². The van der Waals surface area contributed by atoms with Crippen molar-refractivity contribution in [3.63, 3.8) is 0 Å². The number of pyridine rings is 2. The summed E-state index contributed by atoms with van der Waals surface area (Å²) in [5, 5.41) is 1.46. The van der Waals surface area contributed by atoms with E-state index < -0.39 is 0 Å². The third kappa shape index (κ3) is 2.48. The van der Waals surface area contributed by atoms with Crippen LogP contribution in [-0.4, -0.2) is 30.3 Å². The van der Waals surface area contributed by atoms with Crippen LogP contribution in [-0.2, 0) is 4.74 Å². The van der Waals surface area contributed by atoms with Gasteiger partial charge in [0.05, 0.1) is 23.0 Å². The maximum absolute atomic E-state index is 12.3. The van der Waals surface area contributed by atoms with Crippen LogP contribution in [0.5, 0.6) is 5.75 Å². The number of H-pyrrole nitrogens is 1. The van der Waals surface area contributed by atoms with Crippen molar-refractivity contribution in [3.8, 4) is 5.75 Å². The standard InChI is InChI=1S/C16H16N2O3/c1-10-8-12(19)14-13(21-7-6-20-2)9-11-4-3-5-17-15(11)16(14)18-10/h3-5,8-9H,6-7H2,1-2H3,(H,18,19). The highest BCUT2D eigenvalue weighted by Crippen LogP contribution is 2.29. The Bertz CT molecular complexity index is 855. The van der Waals surface area contributed by atoms with E-state index in [1.807, 2.05) is 25.1 Å². The number of aryl methyl sites for hydroxylation is 1. The number of nitrogens with one attached hydrogen (secondary N) is 1. The smallest absolute Gasteiger partial charge is 0.193 e. The molecule has 3 rings (SSSR count). The topological polar surface area (TPSA) is 64.2 Å². The maximum Gasteiger partial charge on any atom is 0.193 e. The number of hydrogen-bond donors (Lipinski definition) is 1. The maximum atomic E-state index is 12.3. The predicted octanol–water partition coefficient (Wildman–Crippen LogP) is 2.41. The molecule has 2 heterocycles.